The van der Waals surface area contributed by atoms with Gasteiger partial charge in [0.1, 0.15) is 0 Å². The molecule has 1 heterocycles. The van der Waals surface area contributed by atoms with Crippen LogP contribution in [0.15, 0.2) is 12.3 Å². The van der Waals surface area contributed by atoms with E-state index in [1.165, 1.54) is 25.0 Å². The number of nitrogens with one attached hydrogen (secondary N) is 1. The maximum Gasteiger partial charge on any atom is 0.0658 e. The molecule has 0 saturated heterocycles. The Balaban J connectivity index is 2.12. The Morgan fingerprint density at radius 2 is 2.21 bits per heavy atom. The molecule has 1 N–H and O–H groups in total. The Labute approximate surface area is 117 Å². The number of hydrogen-bond donors (Lipinski definition) is 1. The van der Waals surface area contributed by atoms with Gasteiger partial charge in [0.15, 0.2) is 0 Å². The van der Waals surface area contributed by atoms with Gasteiger partial charge < -0.3 is 5.32 Å². The summed E-state index contributed by atoms with van der Waals surface area (Å²) in [6.45, 7) is 10.4. The average Bonchev–Trinajstić information content (AvgIpc) is 2.73. The standard InChI is InChI=1S/C16H29N3/c1-12(2)17-11-13-6-8-16(3,4)10-14(13)15-7-9-19(5)18-15/h7,9,12-14,17H,6,8,10-11H2,1-5H3. The van der Waals surface area contributed by atoms with Gasteiger partial charge in [-0.15, -0.1) is 0 Å². The summed E-state index contributed by atoms with van der Waals surface area (Å²) in [7, 11) is 2.01. The van der Waals surface area contributed by atoms with Gasteiger partial charge in [-0.3, -0.25) is 4.68 Å². The first-order chi connectivity index (χ1) is 8.87. The molecule has 2 unspecified atom stereocenters. The lowest BCUT2D eigenvalue weighted by molar-refractivity contribution is 0.155. The van der Waals surface area contributed by atoms with Crippen molar-refractivity contribution in [2.75, 3.05) is 6.54 Å². The molecule has 1 saturated carbocycles. The molecule has 3 heteroatoms. The van der Waals surface area contributed by atoms with E-state index in [4.69, 9.17) is 0 Å². The largest absolute Gasteiger partial charge is 0.314 e. The van der Waals surface area contributed by atoms with Crippen molar-refractivity contribution in [3.63, 3.8) is 0 Å². The molecular weight excluding hydrogens is 234 g/mol. The second-order valence-corrected chi connectivity index (χ2v) is 7.25. The predicted octanol–water partition coefficient (Wildman–Crippen LogP) is 3.33. The van der Waals surface area contributed by atoms with Crippen molar-refractivity contribution in [1.29, 1.82) is 0 Å². The first kappa shape index (κ1) is 14.6. The van der Waals surface area contributed by atoms with Crippen LogP contribution in [0.1, 0.15) is 58.6 Å². The molecule has 1 aromatic rings. The van der Waals surface area contributed by atoms with E-state index in [0.717, 1.165) is 12.5 Å². The first-order valence-electron chi connectivity index (χ1n) is 7.60. The second-order valence-electron chi connectivity index (χ2n) is 7.25. The molecule has 0 bridgehead atoms. The minimum atomic E-state index is 0.455. The molecule has 0 amide bonds. The zero-order chi connectivity index (χ0) is 14.0. The lowest BCUT2D eigenvalue weighted by Crippen LogP contribution is -2.37. The molecule has 0 radical (unpaired) electrons. The molecule has 0 aliphatic heterocycles. The Bertz CT molecular complexity index is 404. The van der Waals surface area contributed by atoms with Crippen molar-refractivity contribution in [2.24, 2.45) is 18.4 Å². The van der Waals surface area contributed by atoms with E-state index in [1.807, 2.05) is 11.7 Å². The third kappa shape index (κ3) is 3.82. The summed E-state index contributed by atoms with van der Waals surface area (Å²) in [5.41, 5.74) is 1.74. The molecule has 108 valence electrons. The molecule has 1 aliphatic rings. The molecule has 1 aliphatic carbocycles. The van der Waals surface area contributed by atoms with Gasteiger partial charge in [0.05, 0.1) is 5.69 Å². The van der Waals surface area contributed by atoms with E-state index >= 15 is 0 Å². The smallest absolute Gasteiger partial charge is 0.0658 e. The van der Waals surface area contributed by atoms with Crippen LogP contribution < -0.4 is 5.32 Å². The van der Waals surface area contributed by atoms with Crippen molar-refractivity contribution < 1.29 is 0 Å². The number of rotatable bonds is 4. The summed E-state index contributed by atoms with van der Waals surface area (Å²) >= 11 is 0. The molecule has 3 nitrogen and oxygen atoms in total. The number of nitrogens with zero attached hydrogens (tertiary/aromatic N) is 2. The van der Waals surface area contributed by atoms with Crippen molar-refractivity contribution in [3.05, 3.63) is 18.0 Å². The summed E-state index contributed by atoms with van der Waals surface area (Å²) in [5, 5.41) is 8.28. The van der Waals surface area contributed by atoms with Gasteiger partial charge in [-0.2, -0.15) is 5.10 Å². The average molecular weight is 263 g/mol. The number of aromatic nitrogens is 2. The lowest BCUT2D eigenvalue weighted by Gasteiger charge is -2.40. The van der Waals surface area contributed by atoms with E-state index in [-0.39, 0.29) is 0 Å². The fraction of sp³-hybridized carbons (Fsp3) is 0.812. The van der Waals surface area contributed by atoms with Crippen LogP contribution in [0.25, 0.3) is 0 Å². The Hall–Kier alpha value is -0.830. The zero-order valence-corrected chi connectivity index (χ0v) is 13.1. The molecule has 1 aromatic heterocycles. The van der Waals surface area contributed by atoms with Crippen LogP contribution in [0.2, 0.25) is 0 Å². The minimum Gasteiger partial charge on any atom is -0.314 e. The highest BCUT2D eigenvalue weighted by Crippen LogP contribution is 2.46. The van der Waals surface area contributed by atoms with Gasteiger partial charge in [0.2, 0.25) is 0 Å². The van der Waals surface area contributed by atoms with E-state index in [9.17, 15) is 0 Å². The number of hydrogen-bond acceptors (Lipinski definition) is 2. The Morgan fingerprint density at radius 1 is 1.47 bits per heavy atom. The predicted molar refractivity (Wildman–Crippen MR) is 80.2 cm³/mol. The van der Waals surface area contributed by atoms with Gasteiger partial charge in [-0.25, -0.2) is 0 Å². The highest BCUT2D eigenvalue weighted by atomic mass is 15.2. The lowest BCUT2D eigenvalue weighted by atomic mass is 9.66. The molecule has 2 atom stereocenters. The van der Waals surface area contributed by atoms with Gasteiger partial charge in [0.25, 0.3) is 0 Å². The highest BCUT2D eigenvalue weighted by molar-refractivity contribution is 5.11. The first-order valence-corrected chi connectivity index (χ1v) is 7.60. The summed E-state index contributed by atoms with van der Waals surface area (Å²) in [6, 6.07) is 2.77. The van der Waals surface area contributed by atoms with Crippen molar-refractivity contribution in [2.45, 2.75) is 58.9 Å². The summed E-state index contributed by atoms with van der Waals surface area (Å²) < 4.78 is 1.93. The third-order valence-electron chi connectivity index (χ3n) is 4.44. The minimum absolute atomic E-state index is 0.455. The van der Waals surface area contributed by atoms with Crippen molar-refractivity contribution >= 4 is 0 Å². The summed E-state index contributed by atoms with van der Waals surface area (Å²) in [5.74, 6) is 1.33. The fourth-order valence-corrected chi connectivity index (χ4v) is 3.25. The van der Waals surface area contributed by atoms with E-state index in [0.29, 0.717) is 17.4 Å². The van der Waals surface area contributed by atoms with Crippen LogP contribution in [0.3, 0.4) is 0 Å². The zero-order valence-electron chi connectivity index (χ0n) is 13.1. The normalized spacial score (nSPS) is 26.8. The molecule has 2 rings (SSSR count). The van der Waals surface area contributed by atoms with Crippen LogP contribution in [-0.4, -0.2) is 22.4 Å². The van der Waals surface area contributed by atoms with E-state index < -0.39 is 0 Å². The van der Waals surface area contributed by atoms with Crippen LogP contribution in [0.4, 0.5) is 0 Å². The van der Waals surface area contributed by atoms with Gasteiger partial charge >= 0.3 is 0 Å². The van der Waals surface area contributed by atoms with Crippen molar-refractivity contribution in [3.8, 4) is 0 Å². The summed E-state index contributed by atoms with van der Waals surface area (Å²) in [6.07, 6.45) is 5.98. The van der Waals surface area contributed by atoms with Crippen LogP contribution in [0.5, 0.6) is 0 Å². The van der Waals surface area contributed by atoms with Gasteiger partial charge in [0, 0.05) is 25.2 Å². The fourth-order valence-electron chi connectivity index (χ4n) is 3.25. The van der Waals surface area contributed by atoms with Gasteiger partial charge in [-0.05, 0) is 43.2 Å². The van der Waals surface area contributed by atoms with Gasteiger partial charge in [-0.1, -0.05) is 27.7 Å². The molecule has 19 heavy (non-hydrogen) atoms. The third-order valence-corrected chi connectivity index (χ3v) is 4.44. The van der Waals surface area contributed by atoms with Crippen LogP contribution in [-0.2, 0) is 7.05 Å². The topological polar surface area (TPSA) is 29.9 Å². The SMILES string of the molecule is CC(C)NCC1CCC(C)(C)CC1c1ccn(C)n1. The van der Waals surface area contributed by atoms with E-state index in [1.54, 1.807) is 0 Å². The molecule has 0 spiro atoms. The number of aryl methyl sites for hydroxylation is 1. The quantitative estimate of drug-likeness (QED) is 0.903. The maximum atomic E-state index is 4.67. The van der Waals surface area contributed by atoms with Crippen molar-refractivity contribution in [1.82, 2.24) is 15.1 Å². The second kappa shape index (κ2) is 5.66. The monoisotopic (exact) mass is 263 g/mol. The Kier molecular flexibility index (Phi) is 4.34. The van der Waals surface area contributed by atoms with Crippen LogP contribution in [0, 0.1) is 11.3 Å². The van der Waals surface area contributed by atoms with Crippen LogP contribution >= 0.6 is 0 Å². The molecule has 0 aromatic carbocycles. The maximum absolute atomic E-state index is 4.67. The highest BCUT2D eigenvalue weighted by Gasteiger charge is 2.36. The molecular formula is C16H29N3. The van der Waals surface area contributed by atoms with E-state index in [2.05, 4.69) is 50.4 Å². The molecule has 1 fully saturated rings. The summed E-state index contributed by atoms with van der Waals surface area (Å²) in [4.78, 5) is 0. The Morgan fingerprint density at radius 3 is 2.79 bits per heavy atom.